The molecule has 1 heterocycles. The fraction of sp³-hybridized carbons (Fsp3) is 0.235. The summed E-state index contributed by atoms with van der Waals surface area (Å²) in [6, 6.07) is 13.8. The minimum atomic E-state index is -3.56. The molecule has 24 heavy (non-hydrogen) atoms. The third kappa shape index (κ3) is 3.33. The van der Waals surface area contributed by atoms with Crippen LogP contribution in [0, 0.1) is 0 Å². The van der Waals surface area contributed by atoms with Crippen molar-refractivity contribution in [2.75, 3.05) is 19.0 Å². The maximum atomic E-state index is 12.6. The highest BCUT2D eigenvalue weighted by Gasteiger charge is 2.27. The first-order chi connectivity index (χ1) is 11.5. The van der Waals surface area contributed by atoms with E-state index in [0.29, 0.717) is 12.3 Å². The summed E-state index contributed by atoms with van der Waals surface area (Å²) in [6.07, 6.45) is 0.0788. The first-order valence-corrected chi connectivity index (χ1v) is 9.03. The van der Waals surface area contributed by atoms with Gasteiger partial charge in [-0.2, -0.15) is 0 Å². The highest BCUT2D eigenvalue weighted by Crippen LogP contribution is 2.28. The van der Waals surface area contributed by atoms with E-state index in [0.717, 1.165) is 17.5 Å². The van der Waals surface area contributed by atoms with Gasteiger partial charge in [0.2, 0.25) is 10.0 Å². The molecule has 0 bridgehead atoms. The largest absolute Gasteiger partial charge is 0.363 e. The van der Waals surface area contributed by atoms with Crippen molar-refractivity contribution >= 4 is 21.6 Å². The van der Waals surface area contributed by atoms with Gasteiger partial charge in [-0.1, -0.05) is 30.3 Å². The number of carbonyl (C=O) groups excluding carboxylic acids is 1. The standard InChI is InChI=1S/C17H18N2O4S/c1-18-24(21,22)14-7-4-6-13(11-14)19-17(20)16-15-8-3-2-5-12(15)9-10-23-16/h2-8,11,16,18H,9-10H2,1H3,(H,19,20). The average molecular weight is 346 g/mol. The van der Waals surface area contributed by atoms with Crippen LogP contribution < -0.4 is 10.0 Å². The molecule has 2 N–H and O–H groups in total. The second-order valence-electron chi connectivity index (χ2n) is 5.42. The highest BCUT2D eigenvalue weighted by molar-refractivity contribution is 7.89. The maximum Gasteiger partial charge on any atom is 0.258 e. The third-order valence-electron chi connectivity index (χ3n) is 3.91. The van der Waals surface area contributed by atoms with Crippen molar-refractivity contribution in [3.63, 3.8) is 0 Å². The Bertz CT molecular complexity index is 864. The molecule has 0 saturated carbocycles. The Labute approximate surface area is 140 Å². The molecule has 1 aliphatic rings. The van der Waals surface area contributed by atoms with E-state index in [2.05, 4.69) is 10.0 Å². The second-order valence-corrected chi connectivity index (χ2v) is 7.31. The quantitative estimate of drug-likeness (QED) is 0.885. The van der Waals surface area contributed by atoms with E-state index in [1.54, 1.807) is 12.1 Å². The summed E-state index contributed by atoms with van der Waals surface area (Å²) < 4.78 is 31.6. The summed E-state index contributed by atoms with van der Waals surface area (Å²) in [5.41, 5.74) is 2.35. The summed E-state index contributed by atoms with van der Waals surface area (Å²) in [5.74, 6) is -0.318. The molecule has 7 heteroatoms. The predicted octanol–water partition coefficient (Wildman–Crippen LogP) is 1.85. The number of rotatable bonds is 4. The molecule has 2 aromatic rings. The Morgan fingerprint density at radius 2 is 1.96 bits per heavy atom. The number of ether oxygens (including phenoxy) is 1. The zero-order valence-corrected chi connectivity index (χ0v) is 14.0. The van der Waals surface area contributed by atoms with Gasteiger partial charge in [0.05, 0.1) is 11.5 Å². The van der Waals surface area contributed by atoms with Crippen LogP contribution >= 0.6 is 0 Å². The van der Waals surface area contributed by atoms with Crippen LogP contribution in [0.15, 0.2) is 53.4 Å². The molecule has 0 radical (unpaired) electrons. The van der Waals surface area contributed by atoms with Crippen molar-refractivity contribution in [3.8, 4) is 0 Å². The van der Waals surface area contributed by atoms with Gasteiger partial charge in [-0.3, -0.25) is 4.79 Å². The Kier molecular flexibility index (Phi) is 4.66. The number of fused-ring (bicyclic) bond motifs is 1. The number of nitrogens with one attached hydrogen (secondary N) is 2. The van der Waals surface area contributed by atoms with E-state index in [1.807, 2.05) is 24.3 Å². The maximum absolute atomic E-state index is 12.6. The van der Waals surface area contributed by atoms with Gasteiger partial charge in [0.25, 0.3) is 5.91 Å². The topological polar surface area (TPSA) is 84.5 Å². The number of anilines is 1. The van der Waals surface area contributed by atoms with Crippen molar-refractivity contribution < 1.29 is 17.9 Å². The lowest BCUT2D eigenvalue weighted by atomic mass is 9.97. The number of sulfonamides is 1. The molecular weight excluding hydrogens is 328 g/mol. The molecule has 0 saturated heterocycles. The van der Waals surface area contributed by atoms with Crippen LogP contribution in [-0.4, -0.2) is 28.0 Å². The normalized spacial score (nSPS) is 17.1. The van der Waals surface area contributed by atoms with Crippen molar-refractivity contribution in [2.24, 2.45) is 0 Å². The summed E-state index contributed by atoms with van der Waals surface area (Å²) in [5, 5.41) is 2.73. The molecule has 0 fully saturated rings. The van der Waals surface area contributed by atoms with E-state index in [9.17, 15) is 13.2 Å². The van der Waals surface area contributed by atoms with Gasteiger partial charge in [-0.15, -0.1) is 0 Å². The Balaban J connectivity index is 1.83. The molecule has 0 aromatic heterocycles. The summed E-state index contributed by atoms with van der Waals surface area (Å²) >= 11 is 0. The summed E-state index contributed by atoms with van der Waals surface area (Å²) in [4.78, 5) is 12.7. The monoisotopic (exact) mass is 346 g/mol. The average Bonchev–Trinajstić information content (AvgIpc) is 2.61. The fourth-order valence-corrected chi connectivity index (χ4v) is 3.45. The van der Waals surface area contributed by atoms with E-state index in [4.69, 9.17) is 4.74 Å². The van der Waals surface area contributed by atoms with Crippen LogP contribution in [0.1, 0.15) is 17.2 Å². The van der Waals surface area contributed by atoms with Gasteiger partial charge in [0.15, 0.2) is 6.10 Å². The highest BCUT2D eigenvalue weighted by atomic mass is 32.2. The van der Waals surface area contributed by atoms with Crippen LogP contribution in [0.5, 0.6) is 0 Å². The third-order valence-corrected chi connectivity index (χ3v) is 5.32. The zero-order chi connectivity index (χ0) is 17.2. The molecule has 1 unspecified atom stereocenters. The zero-order valence-electron chi connectivity index (χ0n) is 13.2. The lowest BCUT2D eigenvalue weighted by molar-refractivity contribution is -0.128. The number of benzene rings is 2. The van der Waals surface area contributed by atoms with Gasteiger partial charge in [-0.05, 0) is 42.8 Å². The van der Waals surface area contributed by atoms with Crippen LogP contribution in [-0.2, 0) is 26.0 Å². The molecule has 0 aliphatic carbocycles. The smallest absolute Gasteiger partial charge is 0.258 e. The number of carbonyl (C=O) groups is 1. The molecule has 1 amide bonds. The first kappa shape index (κ1) is 16.6. The Hall–Kier alpha value is -2.22. The van der Waals surface area contributed by atoms with Crippen molar-refractivity contribution in [1.29, 1.82) is 0 Å². The van der Waals surface area contributed by atoms with Crippen molar-refractivity contribution in [1.82, 2.24) is 4.72 Å². The molecule has 3 rings (SSSR count). The predicted molar refractivity (Wildman–Crippen MR) is 90.2 cm³/mol. The van der Waals surface area contributed by atoms with Crippen LogP contribution in [0.3, 0.4) is 0 Å². The molecule has 1 atom stereocenters. The molecule has 6 nitrogen and oxygen atoms in total. The van der Waals surface area contributed by atoms with Gasteiger partial charge in [0, 0.05) is 5.69 Å². The van der Waals surface area contributed by atoms with E-state index in [1.165, 1.54) is 19.2 Å². The van der Waals surface area contributed by atoms with Crippen molar-refractivity contribution in [3.05, 3.63) is 59.7 Å². The van der Waals surface area contributed by atoms with Crippen LogP contribution in [0.4, 0.5) is 5.69 Å². The second kappa shape index (κ2) is 6.72. The van der Waals surface area contributed by atoms with Crippen LogP contribution in [0.2, 0.25) is 0 Å². The lowest BCUT2D eigenvalue weighted by Gasteiger charge is -2.25. The number of hydrogen-bond acceptors (Lipinski definition) is 4. The Morgan fingerprint density at radius 3 is 2.75 bits per heavy atom. The first-order valence-electron chi connectivity index (χ1n) is 7.55. The van der Waals surface area contributed by atoms with Gasteiger partial charge in [-0.25, -0.2) is 13.1 Å². The summed E-state index contributed by atoms with van der Waals surface area (Å²) in [7, 11) is -2.22. The summed E-state index contributed by atoms with van der Waals surface area (Å²) in [6.45, 7) is 0.475. The van der Waals surface area contributed by atoms with E-state index < -0.39 is 16.1 Å². The Morgan fingerprint density at radius 1 is 1.17 bits per heavy atom. The van der Waals surface area contributed by atoms with E-state index in [-0.39, 0.29) is 10.8 Å². The SMILES string of the molecule is CNS(=O)(=O)c1cccc(NC(=O)C2OCCc3ccccc32)c1. The number of hydrogen-bond donors (Lipinski definition) is 2. The van der Waals surface area contributed by atoms with Gasteiger partial charge in [0.1, 0.15) is 0 Å². The minimum absolute atomic E-state index is 0.0905. The molecule has 1 aliphatic heterocycles. The van der Waals surface area contributed by atoms with Gasteiger partial charge >= 0.3 is 0 Å². The molecule has 2 aromatic carbocycles. The van der Waals surface area contributed by atoms with Crippen molar-refractivity contribution in [2.45, 2.75) is 17.4 Å². The number of amides is 1. The molecular formula is C17H18N2O4S. The molecule has 126 valence electrons. The van der Waals surface area contributed by atoms with Crippen LogP contribution in [0.25, 0.3) is 0 Å². The molecule has 0 spiro atoms. The lowest BCUT2D eigenvalue weighted by Crippen LogP contribution is -2.28. The fourth-order valence-electron chi connectivity index (χ4n) is 2.68. The minimum Gasteiger partial charge on any atom is -0.363 e. The van der Waals surface area contributed by atoms with E-state index >= 15 is 0 Å². The van der Waals surface area contributed by atoms with Gasteiger partial charge < -0.3 is 10.1 Å².